The second kappa shape index (κ2) is 11.1. The van der Waals surface area contributed by atoms with Crippen molar-refractivity contribution in [3.63, 3.8) is 0 Å². The van der Waals surface area contributed by atoms with Gasteiger partial charge < -0.3 is 37.1 Å². The van der Waals surface area contributed by atoms with Gasteiger partial charge in [0.15, 0.2) is 0 Å². The van der Waals surface area contributed by atoms with Crippen molar-refractivity contribution in [2.45, 2.75) is 43.8 Å². The van der Waals surface area contributed by atoms with E-state index < -0.39 is 48.4 Å². The lowest BCUT2D eigenvalue weighted by Gasteiger charge is -2.20. The van der Waals surface area contributed by atoms with Gasteiger partial charge in [0.05, 0.1) is 18.7 Å². The SMILES string of the molecule is NC(=O)CC[C@@H](C=O)NC(=O)[C@H](CO)NC(=O)[C@@H](N)CCC(=O)O. The number of hydrogen-bond acceptors (Lipinski definition) is 7. The van der Waals surface area contributed by atoms with E-state index in [-0.39, 0.29) is 25.7 Å². The molecule has 11 heteroatoms. The molecule has 3 amide bonds. The minimum atomic E-state index is -1.37. The van der Waals surface area contributed by atoms with Crippen molar-refractivity contribution in [1.82, 2.24) is 10.6 Å². The third kappa shape index (κ3) is 8.80. The second-order valence-electron chi connectivity index (χ2n) is 5.04. The van der Waals surface area contributed by atoms with Gasteiger partial charge in [-0.25, -0.2) is 0 Å². The summed E-state index contributed by atoms with van der Waals surface area (Å²) >= 11 is 0. The molecule has 136 valence electrons. The fraction of sp³-hybridized carbons (Fsp3) is 0.615. The number of carboxylic acids is 1. The summed E-state index contributed by atoms with van der Waals surface area (Å²) in [5.41, 5.74) is 10.4. The van der Waals surface area contributed by atoms with Gasteiger partial charge >= 0.3 is 5.97 Å². The average Bonchev–Trinajstić information content (AvgIpc) is 2.53. The van der Waals surface area contributed by atoms with Crippen molar-refractivity contribution in [2.24, 2.45) is 11.5 Å². The molecule has 0 fully saturated rings. The van der Waals surface area contributed by atoms with Gasteiger partial charge in [-0.2, -0.15) is 0 Å². The van der Waals surface area contributed by atoms with E-state index in [9.17, 15) is 29.1 Å². The zero-order chi connectivity index (χ0) is 18.7. The summed E-state index contributed by atoms with van der Waals surface area (Å²) in [7, 11) is 0. The highest BCUT2D eigenvalue weighted by atomic mass is 16.4. The third-order valence-corrected chi connectivity index (χ3v) is 3.02. The molecule has 0 saturated carbocycles. The molecule has 0 radical (unpaired) electrons. The molecule has 24 heavy (non-hydrogen) atoms. The topological polar surface area (TPSA) is 202 Å². The number of nitrogens with one attached hydrogen (secondary N) is 2. The maximum atomic E-state index is 11.9. The molecule has 0 unspecified atom stereocenters. The highest BCUT2D eigenvalue weighted by molar-refractivity contribution is 5.91. The number of amides is 3. The summed E-state index contributed by atoms with van der Waals surface area (Å²) in [4.78, 5) is 55.6. The Kier molecular flexibility index (Phi) is 9.91. The van der Waals surface area contributed by atoms with E-state index >= 15 is 0 Å². The zero-order valence-corrected chi connectivity index (χ0v) is 12.9. The predicted octanol–water partition coefficient (Wildman–Crippen LogP) is -3.40. The van der Waals surface area contributed by atoms with E-state index in [2.05, 4.69) is 10.6 Å². The van der Waals surface area contributed by atoms with E-state index in [0.717, 1.165) is 0 Å². The lowest BCUT2D eigenvalue weighted by Crippen LogP contribution is -2.55. The van der Waals surface area contributed by atoms with E-state index in [1.54, 1.807) is 0 Å². The number of hydrogen-bond donors (Lipinski definition) is 6. The van der Waals surface area contributed by atoms with Crippen molar-refractivity contribution >= 4 is 30.0 Å². The fourth-order valence-corrected chi connectivity index (χ4v) is 1.64. The number of nitrogens with two attached hydrogens (primary N) is 2. The Bertz CT molecular complexity index is 483. The van der Waals surface area contributed by atoms with Gasteiger partial charge in [-0.15, -0.1) is 0 Å². The lowest BCUT2D eigenvalue weighted by molar-refractivity contribution is -0.137. The summed E-state index contributed by atoms with van der Waals surface area (Å²) in [6, 6.07) is -3.54. The van der Waals surface area contributed by atoms with Crippen molar-refractivity contribution in [2.75, 3.05) is 6.61 Å². The number of aldehydes is 1. The Labute approximate surface area is 137 Å². The molecule has 0 aromatic rings. The highest BCUT2D eigenvalue weighted by Gasteiger charge is 2.25. The molecule has 0 aliphatic carbocycles. The van der Waals surface area contributed by atoms with Crippen LogP contribution in [0.5, 0.6) is 0 Å². The minimum absolute atomic E-state index is 0.0191. The van der Waals surface area contributed by atoms with Crippen LogP contribution in [0.4, 0.5) is 0 Å². The number of carbonyl (C=O) groups excluding carboxylic acids is 4. The summed E-state index contributed by atoms with van der Waals surface area (Å²) in [5, 5.41) is 22.1. The van der Waals surface area contributed by atoms with Gasteiger partial charge in [0.25, 0.3) is 0 Å². The Balaban J connectivity index is 4.56. The number of primary amides is 1. The molecule has 0 aliphatic rings. The van der Waals surface area contributed by atoms with E-state index in [1.165, 1.54) is 0 Å². The van der Waals surface area contributed by atoms with Crippen LogP contribution >= 0.6 is 0 Å². The van der Waals surface area contributed by atoms with Crippen LogP contribution in [-0.4, -0.2) is 64.9 Å². The van der Waals surface area contributed by atoms with Crippen LogP contribution in [0.2, 0.25) is 0 Å². The maximum absolute atomic E-state index is 11.9. The Morgan fingerprint density at radius 2 is 1.67 bits per heavy atom. The predicted molar refractivity (Wildman–Crippen MR) is 80.3 cm³/mol. The molecule has 0 saturated heterocycles. The number of aliphatic hydroxyl groups excluding tert-OH is 1. The molecule has 0 aromatic carbocycles. The molecular formula is C13H22N4O7. The summed E-state index contributed by atoms with van der Waals surface area (Å²) in [6.45, 7) is -0.759. The van der Waals surface area contributed by atoms with Crippen molar-refractivity contribution in [3.8, 4) is 0 Å². The number of aliphatic hydroxyl groups is 1. The molecular weight excluding hydrogens is 324 g/mol. The van der Waals surface area contributed by atoms with E-state index in [0.29, 0.717) is 6.29 Å². The van der Waals surface area contributed by atoms with Crippen LogP contribution in [0.25, 0.3) is 0 Å². The van der Waals surface area contributed by atoms with Crippen LogP contribution in [0, 0.1) is 0 Å². The van der Waals surface area contributed by atoms with Gasteiger partial charge in [-0.1, -0.05) is 0 Å². The smallest absolute Gasteiger partial charge is 0.303 e. The lowest BCUT2D eigenvalue weighted by atomic mass is 10.1. The summed E-state index contributed by atoms with van der Waals surface area (Å²) < 4.78 is 0. The molecule has 0 rings (SSSR count). The van der Waals surface area contributed by atoms with Gasteiger partial charge in [0, 0.05) is 12.8 Å². The minimum Gasteiger partial charge on any atom is -0.481 e. The van der Waals surface area contributed by atoms with Crippen LogP contribution in [0.3, 0.4) is 0 Å². The highest BCUT2D eigenvalue weighted by Crippen LogP contribution is 1.98. The first-order valence-electron chi connectivity index (χ1n) is 7.13. The van der Waals surface area contributed by atoms with Crippen LogP contribution < -0.4 is 22.1 Å². The van der Waals surface area contributed by atoms with Crippen molar-refractivity contribution in [1.29, 1.82) is 0 Å². The number of carboxylic acid groups (broad SMARTS) is 1. The normalized spacial score (nSPS) is 14.1. The molecule has 0 bridgehead atoms. The second-order valence-corrected chi connectivity index (χ2v) is 5.04. The number of carbonyl (C=O) groups is 5. The van der Waals surface area contributed by atoms with E-state index in [4.69, 9.17) is 16.6 Å². The quantitative estimate of drug-likeness (QED) is 0.196. The standard InChI is InChI=1S/C13H22N4O7/c14-8(2-4-11(21)22)12(23)17-9(6-19)13(24)16-7(5-18)1-3-10(15)20/h5,7-9,19H,1-4,6,14H2,(H2,15,20)(H,16,24)(H,17,23)(H,21,22)/t7-,8-,9-/m0/s1. The van der Waals surface area contributed by atoms with Crippen molar-refractivity contribution in [3.05, 3.63) is 0 Å². The maximum Gasteiger partial charge on any atom is 0.303 e. The largest absolute Gasteiger partial charge is 0.481 e. The van der Waals surface area contributed by atoms with Crippen LogP contribution in [-0.2, 0) is 24.0 Å². The van der Waals surface area contributed by atoms with Crippen LogP contribution in [0.1, 0.15) is 25.7 Å². The van der Waals surface area contributed by atoms with Gasteiger partial charge in [-0.3, -0.25) is 19.2 Å². The Morgan fingerprint density at radius 3 is 2.12 bits per heavy atom. The molecule has 0 heterocycles. The molecule has 0 aliphatic heterocycles. The van der Waals surface area contributed by atoms with Crippen LogP contribution in [0.15, 0.2) is 0 Å². The van der Waals surface area contributed by atoms with Gasteiger partial charge in [0.1, 0.15) is 12.3 Å². The molecule has 0 spiro atoms. The monoisotopic (exact) mass is 346 g/mol. The summed E-state index contributed by atoms with van der Waals surface area (Å²) in [6.07, 6.45) is -0.216. The third-order valence-electron chi connectivity index (χ3n) is 3.02. The first-order valence-corrected chi connectivity index (χ1v) is 7.13. The Morgan fingerprint density at radius 1 is 1.04 bits per heavy atom. The molecule has 11 nitrogen and oxygen atoms in total. The average molecular weight is 346 g/mol. The molecule has 8 N–H and O–H groups in total. The first-order chi connectivity index (χ1) is 11.2. The number of rotatable bonds is 12. The van der Waals surface area contributed by atoms with E-state index in [1.807, 2.05) is 0 Å². The fourth-order valence-electron chi connectivity index (χ4n) is 1.64. The van der Waals surface area contributed by atoms with Gasteiger partial charge in [-0.05, 0) is 12.8 Å². The summed E-state index contributed by atoms with van der Waals surface area (Å²) in [5.74, 6) is -3.44. The van der Waals surface area contributed by atoms with Crippen molar-refractivity contribution < 1.29 is 34.2 Å². The molecule has 0 aromatic heterocycles. The zero-order valence-electron chi connectivity index (χ0n) is 12.9. The molecule has 3 atom stereocenters. The number of aliphatic carboxylic acids is 1. The first kappa shape index (κ1) is 21.5. The Hall–Kier alpha value is -2.53. The van der Waals surface area contributed by atoms with Gasteiger partial charge in [0.2, 0.25) is 17.7 Å².